The second-order valence-electron chi connectivity index (χ2n) is 13.2. The molecule has 0 bridgehead atoms. The summed E-state index contributed by atoms with van der Waals surface area (Å²) in [5, 5.41) is 18.7. The predicted octanol–water partition coefficient (Wildman–Crippen LogP) is 6.90. The van der Waals surface area contributed by atoms with E-state index in [0.29, 0.717) is 42.0 Å². The first-order valence-electron chi connectivity index (χ1n) is 13.4. The first-order chi connectivity index (χ1) is 15.9. The van der Waals surface area contributed by atoms with E-state index in [2.05, 4.69) is 65.2 Å². The number of hydrogen-bond donors (Lipinski definition) is 2. The van der Waals surface area contributed by atoms with Gasteiger partial charge in [0, 0.05) is 11.8 Å². The van der Waals surface area contributed by atoms with Crippen LogP contribution in [0.3, 0.4) is 0 Å². The maximum absolute atomic E-state index is 12.8. The minimum atomic E-state index is -0.499. The Morgan fingerprint density at radius 2 is 1.85 bits per heavy atom. The molecule has 4 nitrogen and oxygen atoms in total. The number of ketones is 1. The minimum Gasteiger partial charge on any atom is -0.392 e. The van der Waals surface area contributed by atoms with Gasteiger partial charge < -0.3 is 5.11 Å². The van der Waals surface area contributed by atoms with Crippen LogP contribution in [0.5, 0.6) is 0 Å². The van der Waals surface area contributed by atoms with E-state index in [1.54, 1.807) is 11.1 Å². The summed E-state index contributed by atoms with van der Waals surface area (Å²) in [4.78, 5) is 17.4. The highest BCUT2D eigenvalue weighted by Gasteiger charge is 2.63. The molecule has 2 saturated carbocycles. The molecule has 2 unspecified atom stereocenters. The second kappa shape index (κ2) is 8.71. The fourth-order valence-electron chi connectivity index (χ4n) is 8.81. The number of hydrogen-bond acceptors (Lipinski definition) is 4. The van der Waals surface area contributed by atoms with Crippen LogP contribution in [-0.2, 0) is 9.68 Å². The Morgan fingerprint density at radius 1 is 1.15 bits per heavy atom. The summed E-state index contributed by atoms with van der Waals surface area (Å²) < 4.78 is 0. The van der Waals surface area contributed by atoms with Crippen molar-refractivity contribution in [3.8, 4) is 0 Å². The standard InChI is InChI=1S/C30H46O4/c1-19(8-10-24(34-33)20(2)18-31)21-12-16-30(7)23-9-11-25-27(3,4)26(32)14-15-28(25,5)22(23)13-17-29(21,30)6/h9,13,19,21,24-25,31,33H,2,8,10-12,14-18H2,1,3-7H3/t19-,21-,24?,25?,28-,29-,30+/m1/s1. The van der Waals surface area contributed by atoms with Crippen molar-refractivity contribution in [3.63, 3.8) is 0 Å². The van der Waals surface area contributed by atoms with Crippen LogP contribution in [-0.4, -0.2) is 28.9 Å². The van der Waals surface area contributed by atoms with Gasteiger partial charge in [-0.3, -0.25) is 10.1 Å². The molecule has 0 heterocycles. The molecule has 4 aliphatic rings. The molecule has 2 N–H and O–H groups in total. The third-order valence-electron chi connectivity index (χ3n) is 11.4. The van der Waals surface area contributed by atoms with Crippen molar-refractivity contribution in [2.45, 2.75) is 99.0 Å². The summed E-state index contributed by atoms with van der Waals surface area (Å²) in [5.41, 5.74) is 3.83. The fraction of sp³-hybridized carbons (Fsp3) is 0.767. The summed E-state index contributed by atoms with van der Waals surface area (Å²) in [5.74, 6) is 1.90. The summed E-state index contributed by atoms with van der Waals surface area (Å²) in [6, 6.07) is 0. The second-order valence-corrected chi connectivity index (χ2v) is 13.2. The van der Waals surface area contributed by atoms with Gasteiger partial charge in [0.15, 0.2) is 0 Å². The van der Waals surface area contributed by atoms with E-state index in [-0.39, 0.29) is 28.3 Å². The van der Waals surface area contributed by atoms with Crippen LogP contribution < -0.4 is 0 Å². The molecule has 0 aliphatic heterocycles. The molecule has 0 spiro atoms. The molecule has 2 fully saturated rings. The number of aliphatic hydroxyl groups is 1. The Kier molecular flexibility index (Phi) is 6.62. The van der Waals surface area contributed by atoms with Crippen molar-refractivity contribution < 1.29 is 20.0 Å². The zero-order valence-electron chi connectivity index (χ0n) is 22.2. The third-order valence-corrected chi connectivity index (χ3v) is 11.4. The van der Waals surface area contributed by atoms with Gasteiger partial charge in [0.05, 0.1) is 6.61 Å². The van der Waals surface area contributed by atoms with Crippen molar-refractivity contribution in [1.82, 2.24) is 0 Å². The Morgan fingerprint density at radius 3 is 2.50 bits per heavy atom. The van der Waals surface area contributed by atoms with Crippen molar-refractivity contribution in [3.05, 3.63) is 35.5 Å². The lowest BCUT2D eigenvalue weighted by molar-refractivity contribution is -0.271. The number of carbonyl (C=O) groups is 1. The van der Waals surface area contributed by atoms with Gasteiger partial charge in [0.25, 0.3) is 0 Å². The smallest absolute Gasteiger partial charge is 0.138 e. The van der Waals surface area contributed by atoms with Gasteiger partial charge in [-0.1, -0.05) is 60.3 Å². The van der Waals surface area contributed by atoms with Crippen molar-refractivity contribution in [1.29, 1.82) is 0 Å². The van der Waals surface area contributed by atoms with Crippen molar-refractivity contribution >= 4 is 5.78 Å². The van der Waals surface area contributed by atoms with E-state index in [4.69, 9.17) is 0 Å². The fourth-order valence-corrected chi connectivity index (χ4v) is 8.81. The van der Waals surface area contributed by atoms with Gasteiger partial charge in [0.2, 0.25) is 0 Å². The van der Waals surface area contributed by atoms with Crippen LogP contribution in [0.15, 0.2) is 35.5 Å². The SMILES string of the molecule is C=C(CO)C(CC[C@@H](C)[C@H]1CC[C@@]2(C)C3=CCC4C(C)(C)C(=O)CC[C@]4(C)C3=CC[C@]12C)OO. The maximum Gasteiger partial charge on any atom is 0.138 e. The van der Waals surface area contributed by atoms with Gasteiger partial charge in [-0.05, 0) is 95.7 Å². The summed E-state index contributed by atoms with van der Waals surface area (Å²) >= 11 is 0. The minimum absolute atomic E-state index is 0.0892. The molecular weight excluding hydrogens is 424 g/mol. The van der Waals surface area contributed by atoms with E-state index in [0.717, 1.165) is 25.7 Å². The summed E-state index contributed by atoms with van der Waals surface area (Å²) in [6.07, 6.45) is 12.4. The van der Waals surface area contributed by atoms with Crippen LogP contribution >= 0.6 is 0 Å². The van der Waals surface area contributed by atoms with Crippen LogP contribution in [0.2, 0.25) is 0 Å². The van der Waals surface area contributed by atoms with Gasteiger partial charge in [0.1, 0.15) is 11.9 Å². The Hall–Kier alpha value is -1.23. The predicted molar refractivity (Wildman–Crippen MR) is 136 cm³/mol. The molecule has 4 rings (SSSR count). The number of Topliss-reactive ketones (excluding diaryl/α,β-unsaturated/α-hetero) is 1. The molecule has 0 amide bonds. The van der Waals surface area contributed by atoms with Gasteiger partial charge >= 0.3 is 0 Å². The molecule has 0 aromatic rings. The number of carbonyl (C=O) groups excluding carboxylic acids is 1. The van der Waals surface area contributed by atoms with E-state index in [1.165, 1.54) is 12.8 Å². The highest BCUT2D eigenvalue weighted by molar-refractivity contribution is 5.86. The number of allylic oxidation sites excluding steroid dienone is 4. The first kappa shape index (κ1) is 25.9. The normalized spacial score (nSPS) is 40.4. The molecule has 34 heavy (non-hydrogen) atoms. The number of fused-ring (bicyclic) bond motifs is 5. The number of aliphatic hydroxyl groups excluding tert-OH is 1. The molecule has 0 aromatic carbocycles. The Bertz CT molecular complexity index is 913. The quantitative estimate of drug-likeness (QED) is 0.241. The number of rotatable bonds is 7. The molecule has 0 aromatic heterocycles. The van der Waals surface area contributed by atoms with Gasteiger partial charge in [-0.15, -0.1) is 0 Å². The molecule has 0 saturated heterocycles. The van der Waals surface area contributed by atoms with Gasteiger partial charge in [-0.2, -0.15) is 0 Å². The summed E-state index contributed by atoms with van der Waals surface area (Å²) in [6.45, 7) is 17.8. The average molecular weight is 471 g/mol. The maximum atomic E-state index is 12.8. The highest BCUT2D eigenvalue weighted by atomic mass is 17.1. The van der Waals surface area contributed by atoms with Crippen LogP contribution in [0.1, 0.15) is 92.9 Å². The summed E-state index contributed by atoms with van der Waals surface area (Å²) in [7, 11) is 0. The molecule has 4 aliphatic carbocycles. The monoisotopic (exact) mass is 470 g/mol. The zero-order valence-corrected chi connectivity index (χ0v) is 22.2. The molecule has 190 valence electrons. The van der Waals surface area contributed by atoms with E-state index >= 15 is 0 Å². The first-order valence-corrected chi connectivity index (χ1v) is 13.4. The van der Waals surface area contributed by atoms with Crippen LogP contribution in [0, 0.1) is 39.4 Å². The van der Waals surface area contributed by atoms with E-state index in [1.807, 2.05) is 0 Å². The molecule has 0 radical (unpaired) electrons. The van der Waals surface area contributed by atoms with E-state index in [9.17, 15) is 15.2 Å². The van der Waals surface area contributed by atoms with E-state index < -0.39 is 6.10 Å². The van der Waals surface area contributed by atoms with Crippen LogP contribution in [0.25, 0.3) is 0 Å². The average Bonchev–Trinajstić information content (AvgIpc) is 3.08. The Labute approximate surface area is 206 Å². The van der Waals surface area contributed by atoms with Crippen molar-refractivity contribution in [2.24, 2.45) is 39.4 Å². The molecular formula is C30H46O4. The topological polar surface area (TPSA) is 66.8 Å². The lowest BCUT2D eigenvalue weighted by Crippen LogP contribution is -2.53. The lowest BCUT2D eigenvalue weighted by Gasteiger charge is -2.59. The largest absolute Gasteiger partial charge is 0.392 e. The zero-order chi connectivity index (χ0) is 25.1. The van der Waals surface area contributed by atoms with Gasteiger partial charge in [-0.25, -0.2) is 4.89 Å². The highest BCUT2D eigenvalue weighted by Crippen LogP contribution is 2.71. The third kappa shape index (κ3) is 3.54. The molecule has 7 atom stereocenters. The Balaban J connectivity index is 1.60. The lowest BCUT2D eigenvalue weighted by atomic mass is 9.44. The van der Waals surface area contributed by atoms with Crippen LogP contribution in [0.4, 0.5) is 0 Å². The molecule has 4 heteroatoms. The van der Waals surface area contributed by atoms with Crippen molar-refractivity contribution in [2.75, 3.05) is 6.61 Å².